The summed E-state index contributed by atoms with van der Waals surface area (Å²) in [6, 6.07) is 7.38. The quantitative estimate of drug-likeness (QED) is 0.850. The van der Waals surface area contributed by atoms with Crippen LogP contribution in [0, 0.1) is 0 Å². The van der Waals surface area contributed by atoms with Crippen molar-refractivity contribution < 1.29 is 14.3 Å². The van der Waals surface area contributed by atoms with Crippen molar-refractivity contribution in [1.82, 2.24) is 19.9 Å². The molecule has 1 aliphatic rings. The monoisotopic (exact) mass is 330 g/mol. The summed E-state index contributed by atoms with van der Waals surface area (Å²) >= 11 is 0. The fourth-order valence-electron chi connectivity index (χ4n) is 3.03. The molecule has 0 N–H and O–H groups in total. The lowest BCUT2D eigenvalue weighted by Gasteiger charge is -2.42. The topological polar surface area (TPSA) is 69.5 Å². The van der Waals surface area contributed by atoms with Crippen LogP contribution in [0.2, 0.25) is 0 Å². The van der Waals surface area contributed by atoms with Crippen LogP contribution in [-0.4, -0.2) is 64.3 Å². The molecule has 128 valence electrons. The molecule has 0 saturated carbocycles. The number of methoxy groups -OCH3 is 1. The van der Waals surface area contributed by atoms with E-state index in [1.54, 1.807) is 24.2 Å². The van der Waals surface area contributed by atoms with Gasteiger partial charge >= 0.3 is 0 Å². The Hall–Kier alpha value is -2.25. The van der Waals surface area contributed by atoms with Crippen LogP contribution in [0.1, 0.15) is 24.2 Å². The minimum Gasteiger partial charge on any atom is -0.382 e. The van der Waals surface area contributed by atoms with E-state index in [-0.39, 0.29) is 12.0 Å². The van der Waals surface area contributed by atoms with E-state index in [1.807, 2.05) is 43.0 Å². The maximum atomic E-state index is 12.9. The average molecular weight is 330 g/mol. The lowest BCUT2D eigenvalue weighted by atomic mass is 10.0. The van der Waals surface area contributed by atoms with E-state index >= 15 is 0 Å². The molecule has 0 unspecified atom stereocenters. The first kappa shape index (κ1) is 16.6. The van der Waals surface area contributed by atoms with Crippen molar-refractivity contribution in [3.8, 4) is 5.69 Å². The molecule has 1 atom stereocenters. The van der Waals surface area contributed by atoms with Crippen LogP contribution in [0.25, 0.3) is 5.69 Å². The van der Waals surface area contributed by atoms with Crippen LogP contribution in [0.5, 0.6) is 0 Å². The third-order valence-electron chi connectivity index (χ3n) is 3.90. The van der Waals surface area contributed by atoms with Crippen molar-refractivity contribution in [3.05, 3.63) is 42.2 Å². The first-order valence-corrected chi connectivity index (χ1v) is 7.91. The summed E-state index contributed by atoms with van der Waals surface area (Å²) < 4.78 is 12.8. The van der Waals surface area contributed by atoms with E-state index in [4.69, 9.17) is 9.47 Å². The van der Waals surface area contributed by atoms with Crippen LogP contribution >= 0.6 is 0 Å². The highest BCUT2D eigenvalue weighted by molar-refractivity contribution is 5.94. The minimum atomic E-state index is -0.402. The highest BCUT2D eigenvalue weighted by atomic mass is 16.5. The first-order valence-electron chi connectivity index (χ1n) is 7.91. The SMILES string of the molecule is COC[C@H]1CN(C(=O)c2cccc(-n3ccnn3)c2)CC(C)(C)O1. The van der Waals surface area contributed by atoms with Crippen LogP contribution in [-0.2, 0) is 9.47 Å². The Morgan fingerprint density at radius 3 is 3.00 bits per heavy atom. The molecule has 1 saturated heterocycles. The second kappa shape index (κ2) is 6.70. The Bertz CT molecular complexity index is 700. The van der Waals surface area contributed by atoms with Gasteiger partial charge in [-0.1, -0.05) is 11.3 Å². The number of benzene rings is 1. The minimum absolute atomic E-state index is 0.0190. The largest absolute Gasteiger partial charge is 0.382 e. The van der Waals surface area contributed by atoms with Crippen molar-refractivity contribution in [3.63, 3.8) is 0 Å². The molecule has 3 rings (SSSR count). The summed E-state index contributed by atoms with van der Waals surface area (Å²) in [6.07, 6.45) is 3.23. The molecular formula is C17H22N4O3. The van der Waals surface area contributed by atoms with E-state index in [2.05, 4.69) is 10.3 Å². The number of morpholine rings is 1. The number of hydrogen-bond acceptors (Lipinski definition) is 5. The Balaban J connectivity index is 1.81. The molecule has 2 aromatic rings. The number of rotatable bonds is 4. The number of carbonyl (C=O) groups excluding carboxylic acids is 1. The highest BCUT2D eigenvalue weighted by Crippen LogP contribution is 2.23. The second-order valence-corrected chi connectivity index (χ2v) is 6.54. The van der Waals surface area contributed by atoms with Crippen molar-refractivity contribution in [2.45, 2.75) is 25.6 Å². The second-order valence-electron chi connectivity index (χ2n) is 6.54. The Labute approximate surface area is 141 Å². The van der Waals surface area contributed by atoms with Gasteiger partial charge in [-0.3, -0.25) is 4.79 Å². The summed E-state index contributed by atoms with van der Waals surface area (Å²) in [7, 11) is 1.64. The fraction of sp³-hybridized carbons (Fsp3) is 0.471. The van der Waals surface area contributed by atoms with Crippen molar-refractivity contribution in [2.24, 2.45) is 0 Å². The van der Waals surface area contributed by atoms with Gasteiger partial charge in [0.1, 0.15) is 0 Å². The van der Waals surface area contributed by atoms with Crippen molar-refractivity contribution >= 4 is 5.91 Å². The lowest BCUT2D eigenvalue weighted by Crippen LogP contribution is -2.55. The van der Waals surface area contributed by atoms with Gasteiger partial charge in [0.25, 0.3) is 5.91 Å². The molecule has 7 heteroatoms. The summed E-state index contributed by atoms with van der Waals surface area (Å²) in [6.45, 7) is 5.50. The van der Waals surface area contributed by atoms with Gasteiger partial charge in [-0.2, -0.15) is 0 Å². The molecule has 1 aromatic heterocycles. The lowest BCUT2D eigenvalue weighted by molar-refractivity contribution is -0.143. The van der Waals surface area contributed by atoms with Gasteiger partial charge in [-0.25, -0.2) is 4.68 Å². The van der Waals surface area contributed by atoms with Crippen LogP contribution in [0.15, 0.2) is 36.7 Å². The van der Waals surface area contributed by atoms with E-state index in [1.165, 1.54) is 0 Å². The number of aromatic nitrogens is 3. The predicted octanol–water partition coefficient (Wildman–Crippen LogP) is 1.53. The van der Waals surface area contributed by atoms with E-state index in [0.717, 1.165) is 5.69 Å². The smallest absolute Gasteiger partial charge is 0.254 e. The number of carbonyl (C=O) groups is 1. The molecule has 24 heavy (non-hydrogen) atoms. The number of nitrogens with zero attached hydrogens (tertiary/aromatic N) is 4. The zero-order chi connectivity index (χ0) is 17.2. The third-order valence-corrected chi connectivity index (χ3v) is 3.90. The molecule has 1 amide bonds. The maximum Gasteiger partial charge on any atom is 0.254 e. The molecule has 0 bridgehead atoms. The van der Waals surface area contributed by atoms with E-state index in [0.29, 0.717) is 25.3 Å². The van der Waals surface area contributed by atoms with E-state index in [9.17, 15) is 4.79 Å². The standard InChI is InChI=1S/C17H22N4O3/c1-17(2)12-20(10-15(24-17)11-23-3)16(22)13-5-4-6-14(9-13)21-8-7-18-19-21/h4-9,15H,10-12H2,1-3H3/t15-/m1/s1. The molecular weight excluding hydrogens is 308 g/mol. The first-order chi connectivity index (χ1) is 11.5. The van der Waals surface area contributed by atoms with Gasteiger partial charge < -0.3 is 14.4 Å². The van der Waals surface area contributed by atoms with E-state index < -0.39 is 5.60 Å². The third kappa shape index (κ3) is 3.63. The molecule has 7 nitrogen and oxygen atoms in total. The number of amides is 1. The molecule has 1 aromatic carbocycles. The predicted molar refractivity (Wildman–Crippen MR) is 88.1 cm³/mol. The van der Waals surface area contributed by atoms with Gasteiger partial charge in [0.2, 0.25) is 0 Å². The zero-order valence-electron chi connectivity index (χ0n) is 14.2. The maximum absolute atomic E-state index is 12.9. The van der Waals surface area contributed by atoms with Crippen molar-refractivity contribution in [2.75, 3.05) is 26.8 Å². The average Bonchev–Trinajstić information content (AvgIpc) is 3.07. The molecule has 0 spiro atoms. The zero-order valence-corrected chi connectivity index (χ0v) is 14.2. The summed E-state index contributed by atoms with van der Waals surface area (Å²) in [5, 5.41) is 7.76. The Kier molecular flexibility index (Phi) is 4.64. The van der Waals surface area contributed by atoms with Crippen LogP contribution in [0.4, 0.5) is 0 Å². The highest BCUT2D eigenvalue weighted by Gasteiger charge is 2.35. The van der Waals surface area contributed by atoms with Crippen LogP contribution in [0.3, 0.4) is 0 Å². The normalized spacial score (nSPS) is 20.1. The van der Waals surface area contributed by atoms with Gasteiger partial charge in [-0.05, 0) is 32.0 Å². The van der Waals surface area contributed by atoms with Crippen LogP contribution < -0.4 is 0 Å². The van der Waals surface area contributed by atoms with Crippen molar-refractivity contribution in [1.29, 1.82) is 0 Å². The summed E-state index contributed by atoms with van der Waals surface area (Å²) in [5.74, 6) is -0.0190. The number of hydrogen-bond donors (Lipinski definition) is 0. The molecule has 2 heterocycles. The fourth-order valence-corrected chi connectivity index (χ4v) is 3.03. The summed E-state index contributed by atoms with van der Waals surface area (Å²) in [4.78, 5) is 14.8. The molecule has 1 aliphatic heterocycles. The van der Waals surface area contributed by atoms with Gasteiger partial charge in [0.05, 0.1) is 36.4 Å². The summed E-state index contributed by atoms with van der Waals surface area (Å²) in [5.41, 5.74) is 1.02. The van der Waals surface area contributed by atoms with Gasteiger partial charge in [-0.15, -0.1) is 5.10 Å². The molecule has 0 radical (unpaired) electrons. The Morgan fingerprint density at radius 1 is 1.46 bits per heavy atom. The Morgan fingerprint density at radius 2 is 2.29 bits per heavy atom. The molecule has 0 aliphatic carbocycles. The van der Waals surface area contributed by atoms with Gasteiger partial charge in [0, 0.05) is 25.8 Å². The number of ether oxygens (including phenoxy) is 2. The van der Waals surface area contributed by atoms with Gasteiger partial charge in [0.15, 0.2) is 0 Å². The molecule has 1 fully saturated rings.